The van der Waals surface area contributed by atoms with Gasteiger partial charge in [0.05, 0.1) is 11.3 Å². The highest BCUT2D eigenvalue weighted by atomic mass is 32.1. The highest BCUT2D eigenvalue weighted by Crippen LogP contribution is 2.29. The molecule has 1 aliphatic carbocycles. The summed E-state index contributed by atoms with van der Waals surface area (Å²) < 4.78 is 6.12. The van der Waals surface area contributed by atoms with Gasteiger partial charge in [0.2, 0.25) is 5.88 Å². The zero-order valence-corrected chi connectivity index (χ0v) is 14.0. The lowest BCUT2D eigenvalue weighted by Gasteiger charge is -2.27. The molecule has 4 nitrogen and oxygen atoms in total. The molecule has 5 heteroatoms. The smallest absolute Gasteiger partial charge is 0.244 e. The molecule has 2 unspecified atom stereocenters. The predicted octanol–water partition coefficient (Wildman–Crippen LogP) is 3.19. The van der Waals surface area contributed by atoms with Crippen molar-refractivity contribution >= 4 is 17.2 Å². The highest BCUT2D eigenvalue weighted by molar-refractivity contribution is 7.80. The van der Waals surface area contributed by atoms with Crippen molar-refractivity contribution in [3.63, 3.8) is 0 Å². The Morgan fingerprint density at radius 1 is 1.29 bits per heavy atom. The van der Waals surface area contributed by atoms with Crippen LogP contribution in [-0.2, 0) is 12.8 Å². The second-order valence-electron chi connectivity index (χ2n) is 5.89. The molecule has 0 bridgehead atoms. The largest absolute Gasteiger partial charge is 0.473 e. The second-order valence-corrected chi connectivity index (χ2v) is 6.33. The van der Waals surface area contributed by atoms with Crippen molar-refractivity contribution in [1.29, 1.82) is 0 Å². The minimum atomic E-state index is 0.202. The van der Waals surface area contributed by atoms with Crippen molar-refractivity contribution in [2.75, 3.05) is 0 Å². The van der Waals surface area contributed by atoms with E-state index in [0.29, 0.717) is 16.8 Å². The maximum atomic E-state index is 6.12. The quantitative estimate of drug-likeness (QED) is 0.847. The Bertz CT molecular complexity index is 518. The Balaban J connectivity index is 2.32. The number of thiocarbonyl (C=S) groups is 1. The molecule has 0 amide bonds. The maximum Gasteiger partial charge on any atom is 0.244 e. The van der Waals surface area contributed by atoms with E-state index in [9.17, 15) is 0 Å². The summed E-state index contributed by atoms with van der Waals surface area (Å²) in [5.41, 5.74) is 8.76. The van der Waals surface area contributed by atoms with E-state index >= 15 is 0 Å². The summed E-state index contributed by atoms with van der Waals surface area (Å²) in [6, 6.07) is 0. The van der Waals surface area contributed by atoms with Crippen LogP contribution in [0.25, 0.3) is 0 Å². The van der Waals surface area contributed by atoms with Crippen LogP contribution in [-0.4, -0.2) is 21.3 Å². The van der Waals surface area contributed by atoms with Crippen LogP contribution in [0.5, 0.6) is 5.88 Å². The number of aryl methyl sites for hydroxylation is 1. The first-order chi connectivity index (χ1) is 10.1. The first kappa shape index (κ1) is 16.1. The summed E-state index contributed by atoms with van der Waals surface area (Å²) >= 11 is 5.23. The molecule has 1 aromatic rings. The molecule has 1 saturated carbocycles. The van der Waals surface area contributed by atoms with Crippen molar-refractivity contribution in [1.82, 2.24) is 10.2 Å². The van der Waals surface area contributed by atoms with E-state index in [-0.39, 0.29) is 6.10 Å². The number of ether oxygens (including phenoxy) is 1. The number of hydrogen-bond acceptors (Lipinski definition) is 4. The average Bonchev–Trinajstić information content (AvgIpc) is 2.46. The van der Waals surface area contributed by atoms with Crippen LogP contribution in [0.4, 0.5) is 0 Å². The van der Waals surface area contributed by atoms with Crippen molar-refractivity contribution < 1.29 is 4.74 Å². The molecule has 1 heterocycles. The third kappa shape index (κ3) is 3.70. The first-order valence-electron chi connectivity index (χ1n) is 7.91. The molecular weight excluding hydrogens is 282 g/mol. The molecule has 1 fully saturated rings. The third-order valence-electron chi connectivity index (χ3n) is 4.23. The van der Waals surface area contributed by atoms with Crippen LogP contribution in [0, 0.1) is 5.92 Å². The van der Waals surface area contributed by atoms with E-state index in [1.165, 1.54) is 12.8 Å². The molecule has 0 saturated heterocycles. The predicted molar refractivity (Wildman–Crippen MR) is 88.7 cm³/mol. The topological polar surface area (TPSA) is 61.0 Å². The Kier molecular flexibility index (Phi) is 5.51. The molecule has 0 aliphatic heterocycles. The second kappa shape index (κ2) is 7.16. The van der Waals surface area contributed by atoms with E-state index in [2.05, 4.69) is 31.0 Å². The normalized spacial score (nSPS) is 22.0. The highest BCUT2D eigenvalue weighted by Gasteiger charge is 2.24. The summed E-state index contributed by atoms with van der Waals surface area (Å²) in [5.74, 6) is 1.22. The summed E-state index contributed by atoms with van der Waals surface area (Å²) in [6.45, 7) is 6.42. The van der Waals surface area contributed by atoms with Crippen LogP contribution >= 0.6 is 12.2 Å². The van der Waals surface area contributed by atoms with Gasteiger partial charge in [0.25, 0.3) is 0 Å². The first-order valence-corrected chi connectivity index (χ1v) is 8.32. The molecule has 0 aromatic carbocycles. The molecule has 2 N–H and O–H groups in total. The number of hydrogen-bond donors (Lipinski definition) is 1. The van der Waals surface area contributed by atoms with Gasteiger partial charge < -0.3 is 10.5 Å². The summed E-state index contributed by atoms with van der Waals surface area (Å²) in [6.07, 6.45) is 6.48. The lowest BCUT2D eigenvalue weighted by Crippen LogP contribution is -2.27. The van der Waals surface area contributed by atoms with Crippen LogP contribution < -0.4 is 10.5 Å². The molecule has 1 aromatic heterocycles. The van der Waals surface area contributed by atoms with Crippen LogP contribution in [0.2, 0.25) is 0 Å². The van der Waals surface area contributed by atoms with Crippen molar-refractivity contribution in [3.8, 4) is 5.88 Å². The fourth-order valence-electron chi connectivity index (χ4n) is 3.13. The lowest BCUT2D eigenvalue weighted by molar-refractivity contribution is 0.122. The van der Waals surface area contributed by atoms with Gasteiger partial charge in [-0.25, -0.2) is 0 Å². The monoisotopic (exact) mass is 307 g/mol. The standard InChI is InChI=1S/C16H25N3OS/c1-4-12-13(5-2)18-19-16(14(12)15(17)21)20-11-8-6-7-10(3)9-11/h10-11H,4-9H2,1-3H3,(H2,17,21). The van der Waals surface area contributed by atoms with Crippen molar-refractivity contribution in [2.24, 2.45) is 11.7 Å². The number of nitrogens with two attached hydrogens (primary N) is 1. The molecule has 2 rings (SSSR count). The maximum absolute atomic E-state index is 6.12. The van der Waals surface area contributed by atoms with Crippen molar-refractivity contribution in [3.05, 3.63) is 16.8 Å². The third-order valence-corrected chi connectivity index (χ3v) is 4.43. The fourth-order valence-corrected chi connectivity index (χ4v) is 3.34. The summed E-state index contributed by atoms with van der Waals surface area (Å²) in [5, 5.41) is 8.56. The van der Waals surface area contributed by atoms with Crippen LogP contribution in [0.15, 0.2) is 0 Å². The molecule has 0 radical (unpaired) electrons. The zero-order valence-electron chi connectivity index (χ0n) is 13.2. The Hall–Kier alpha value is -1.23. The Morgan fingerprint density at radius 3 is 2.62 bits per heavy atom. The minimum absolute atomic E-state index is 0.202. The van der Waals surface area contributed by atoms with Gasteiger partial charge in [-0.3, -0.25) is 0 Å². The van der Waals surface area contributed by atoms with E-state index in [4.69, 9.17) is 22.7 Å². The molecule has 0 spiro atoms. The SMILES string of the molecule is CCc1nnc(OC2CCCC(C)C2)c(C(N)=S)c1CC. The summed E-state index contributed by atoms with van der Waals surface area (Å²) in [4.78, 5) is 0.357. The molecule has 2 atom stereocenters. The number of rotatable bonds is 5. The van der Waals surface area contributed by atoms with Gasteiger partial charge in [-0.1, -0.05) is 39.4 Å². The number of nitrogens with zero attached hydrogens (tertiary/aromatic N) is 2. The minimum Gasteiger partial charge on any atom is -0.473 e. The Morgan fingerprint density at radius 2 is 2.05 bits per heavy atom. The molecule has 1 aliphatic rings. The van der Waals surface area contributed by atoms with E-state index in [1.54, 1.807) is 0 Å². The van der Waals surface area contributed by atoms with Gasteiger partial charge >= 0.3 is 0 Å². The number of aromatic nitrogens is 2. The van der Waals surface area contributed by atoms with Gasteiger partial charge in [0.1, 0.15) is 11.1 Å². The van der Waals surface area contributed by atoms with Gasteiger partial charge in [-0.05, 0) is 43.6 Å². The molecule has 21 heavy (non-hydrogen) atoms. The Labute approximate surface area is 132 Å². The van der Waals surface area contributed by atoms with Gasteiger partial charge in [0, 0.05) is 0 Å². The summed E-state index contributed by atoms with van der Waals surface area (Å²) in [7, 11) is 0. The van der Waals surface area contributed by atoms with Crippen LogP contribution in [0.1, 0.15) is 63.3 Å². The zero-order chi connectivity index (χ0) is 15.4. The van der Waals surface area contributed by atoms with E-state index in [1.807, 2.05) is 0 Å². The molecule has 116 valence electrons. The fraction of sp³-hybridized carbons (Fsp3) is 0.688. The molecular formula is C16H25N3OS. The van der Waals surface area contributed by atoms with E-state index < -0.39 is 0 Å². The van der Waals surface area contributed by atoms with E-state index in [0.717, 1.165) is 42.5 Å². The average molecular weight is 307 g/mol. The van der Waals surface area contributed by atoms with Crippen LogP contribution in [0.3, 0.4) is 0 Å². The van der Waals surface area contributed by atoms with Gasteiger partial charge in [-0.2, -0.15) is 5.10 Å². The van der Waals surface area contributed by atoms with Gasteiger partial charge in [-0.15, -0.1) is 5.10 Å². The lowest BCUT2D eigenvalue weighted by atomic mass is 9.89. The van der Waals surface area contributed by atoms with Gasteiger partial charge in [0.15, 0.2) is 0 Å². The van der Waals surface area contributed by atoms with Crippen molar-refractivity contribution in [2.45, 2.75) is 65.4 Å².